The number of furan rings is 1. The molecule has 0 saturated heterocycles. The first-order valence-electron chi connectivity index (χ1n) is 6.62. The number of anilines is 1. The molecule has 7 heteroatoms. The number of benzene rings is 1. The summed E-state index contributed by atoms with van der Waals surface area (Å²) in [6.45, 7) is 0. The first-order chi connectivity index (χ1) is 11.1. The summed E-state index contributed by atoms with van der Waals surface area (Å²) < 4.78 is 10.1. The van der Waals surface area contributed by atoms with E-state index in [0.29, 0.717) is 0 Å². The maximum atomic E-state index is 12.4. The van der Waals surface area contributed by atoms with Crippen molar-refractivity contribution in [3.63, 3.8) is 0 Å². The summed E-state index contributed by atoms with van der Waals surface area (Å²) in [5, 5.41) is 0. The summed E-state index contributed by atoms with van der Waals surface area (Å²) in [5.41, 5.74) is -0.674. The van der Waals surface area contributed by atoms with Gasteiger partial charge in [0.2, 0.25) is 5.78 Å². The minimum Gasteiger partial charge on any atom is -0.461 e. The molecule has 0 fully saturated rings. The van der Waals surface area contributed by atoms with Gasteiger partial charge in [-0.3, -0.25) is 19.3 Å². The van der Waals surface area contributed by atoms with Crippen LogP contribution in [0, 0.1) is 0 Å². The lowest BCUT2D eigenvalue weighted by molar-refractivity contribution is -0.133. The summed E-state index contributed by atoms with van der Waals surface area (Å²) >= 11 is 0. The molecule has 2 aliphatic heterocycles. The molecule has 1 aromatic carbocycles. The van der Waals surface area contributed by atoms with Crippen molar-refractivity contribution in [2.45, 2.75) is 0 Å². The molecule has 0 atom stereocenters. The van der Waals surface area contributed by atoms with Crippen molar-refractivity contribution in [3.8, 4) is 5.75 Å². The van der Waals surface area contributed by atoms with Gasteiger partial charge in [0, 0.05) is 0 Å². The van der Waals surface area contributed by atoms with Crippen molar-refractivity contribution in [3.05, 3.63) is 59.7 Å². The van der Waals surface area contributed by atoms with Gasteiger partial charge < -0.3 is 9.15 Å². The van der Waals surface area contributed by atoms with Crippen molar-refractivity contribution in [2.24, 2.45) is 0 Å². The predicted molar refractivity (Wildman–Crippen MR) is 74.6 cm³/mol. The Morgan fingerprint density at radius 1 is 1.00 bits per heavy atom. The molecule has 0 bridgehead atoms. The normalized spacial score (nSPS) is 16.3. The van der Waals surface area contributed by atoms with E-state index in [1.54, 1.807) is 12.1 Å². The molecule has 112 valence electrons. The summed E-state index contributed by atoms with van der Waals surface area (Å²) in [5.74, 6) is -3.79. The molecule has 0 aliphatic carbocycles. The highest BCUT2D eigenvalue weighted by molar-refractivity contribution is 6.59. The number of carbonyl (C=O) groups is 4. The lowest BCUT2D eigenvalue weighted by Gasteiger charge is -2.25. The largest absolute Gasteiger partial charge is 0.461 e. The van der Waals surface area contributed by atoms with Gasteiger partial charge in [-0.1, -0.05) is 12.1 Å². The fourth-order valence-electron chi connectivity index (χ4n) is 2.57. The first-order valence-corrected chi connectivity index (χ1v) is 6.62. The number of hydrogen-bond acceptors (Lipinski definition) is 6. The fourth-order valence-corrected chi connectivity index (χ4v) is 2.57. The molecule has 0 saturated carbocycles. The van der Waals surface area contributed by atoms with Gasteiger partial charge >= 0.3 is 11.9 Å². The van der Waals surface area contributed by atoms with E-state index in [4.69, 9.17) is 9.15 Å². The number of Topliss-reactive ketones (excluding diaryl/α,β-unsaturated/α-hetero) is 2. The highest BCUT2D eigenvalue weighted by Crippen LogP contribution is 2.40. The van der Waals surface area contributed by atoms with Crippen LogP contribution in [-0.2, 0) is 14.4 Å². The third-order valence-corrected chi connectivity index (χ3v) is 3.56. The summed E-state index contributed by atoms with van der Waals surface area (Å²) in [6.07, 6.45) is 1.26. The maximum Gasteiger partial charge on any atom is 0.361 e. The first kappa shape index (κ1) is 13.2. The molecule has 3 heterocycles. The third-order valence-electron chi connectivity index (χ3n) is 3.56. The van der Waals surface area contributed by atoms with Crippen LogP contribution in [0.5, 0.6) is 5.75 Å². The number of nitrogens with zero attached hydrogens (tertiary/aromatic N) is 1. The van der Waals surface area contributed by atoms with Crippen LogP contribution in [0.2, 0.25) is 0 Å². The molecule has 0 radical (unpaired) electrons. The van der Waals surface area contributed by atoms with Gasteiger partial charge in [-0.05, 0) is 24.3 Å². The van der Waals surface area contributed by atoms with Crippen molar-refractivity contribution in [1.82, 2.24) is 0 Å². The Labute approximate surface area is 128 Å². The monoisotopic (exact) mass is 309 g/mol. The van der Waals surface area contributed by atoms with Crippen LogP contribution >= 0.6 is 0 Å². The van der Waals surface area contributed by atoms with Crippen molar-refractivity contribution < 1.29 is 28.3 Å². The van der Waals surface area contributed by atoms with E-state index >= 15 is 0 Å². The van der Waals surface area contributed by atoms with Gasteiger partial charge in [0.05, 0.1) is 12.0 Å². The predicted octanol–water partition coefficient (Wildman–Crippen LogP) is 1.25. The zero-order valence-corrected chi connectivity index (χ0v) is 11.4. The molecule has 0 N–H and O–H groups in total. The molecule has 2 aliphatic rings. The average Bonchev–Trinajstić information content (AvgIpc) is 3.16. The smallest absolute Gasteiger partial charge is 0.361 e. The summed E-state index contributed by atoms with van der Waals surface area (Å²) in [7, 11) is 0. The molecule has 0 unspecified atom stereocenters. The number of rotatable bonds is 2. The highest BCUT2D eigenvalue weighted by Gasteiger charge is 2.49. The average molecular weight is 309 g/mol. The van der Waals surface area contributed by atoms with Crippen LogP contribution in [-0.4, -0.2) is 23.4 Å². The van der Waals surface area contributed by atoms with Crippen LogP contribution < -0.4 is 9.64 Å². The topological polar surface area (TPSA) is 93.9 Å². The van der Waals surface area contributed by atoms with E-state index in [9.17, 15) is 19.2 Å². The number of fused-ring (bicyclic) bond motifs is 3. The number of amides is 1. The van der Waals surface area contributed by atoms with Gasteiger partial charge in [-0.25, -0.2) is 4.79 Å². The molecule has 4 rings (SSSR count). The molecule has 1 amide bonds. The zero-order chi connectivity index (χ0) is 16.1. The number of ketones is 2. The van der Waals surface area contributed by atoms with E-state index < -0.39 is 29.0 Å². The number of ether oxygens (including phenoxy) is 1. The Hall–Kier alpha value is -3.48. The second-order valence-electron chi connectivity index (χ2n) is 4.86. The fraction of sp³-hybridized carbons (Fsp3) is 0. The molecule has 23 heavy (non-hydrogen) atoms. The van der Waals surface area contributed by atoms with E-state index in [2.05, 4.69) is 0 Å². The Kier molecular flexibility index (Phi) is 2.59. The van der Waals surface area contributed by atoms with E-state index in [0.717, 1.165) is 4.90 Å². The zero-order valence-electron chi connectivity index (χ0n) is 11.4. The second kappa shape index (κ2) is 4.51. The second-order valence-corrected chi connectivity index (χ2v) is 4.86. The van der Waals surface area contributed by atoms with Crippen LogP contribution in [0.25, 0.3) is 0 Å². The Morgan fingerprint density at radius 3 is 2.52 bits per heavy atom. The molecule has 2 aromatic rings. The third kappa shape index (κ3) is 1.70. The van der Waals surface area contributed by atoms with E-state index in [1.165, 1.54) is 30.5 Å². The maximum absolute atomic E-state index is 12.4. The number of carbonyl (C=O) groups excluding carboxylic acids is 4. The highest BCUT2D eigenvalue weighted by atomic mass is 16.5. The number of hydrogen-bond donors (Lipinski definition) is 0. The Morgan fingerprint density at radius 2 is 1.78 bits per heavy atom. The van der Waals surface area contributed by atoms with Crippen LogP contribution in [0.4, 0.5) is 5.69 Å². The molecule has 0 spiro atoms. The number of para-hydroxylation sites is 2. The Balaban J connectivity index is 1.95. The molecular weight excluding hydrogens is 302 g/mol. The van der Waals surface area contributed by atoms with Gasteiger partial charge in [0.1, 0.15) is 5.57 Å². The summed E-state index contributed by atoms with van der Waals surface area (Å²) in [4.78, 5) is 50.1. The van der Waals surface area contributed by atoms with Crippen LogP contribution in [0.1, 0.15) is 10.6 Å². The minimum atomic E-state index is -1.06. The Bertz CT molecular complexity index is 922. The minimum absolute atomic E-state index is 0.137. The van der Waals surface area contributed by atoms with E-state index in [1.807, 2.05) is 0 Å². The molecule has 1 aromatic heterocycles. The van der Waals surface area contributed by atoms with Crippen molar-refractivity contribution >= 4 is 29.1 Å². The molecular formula is C16H7NO6. The van der Waals surface area contributed by atoms with Gasteiger partial charge in [0.15, 0.2) is 17.2 Å². The lowest BCUT2D eigenvalue weighted by atomic mass is 10.0. The summed E-state index contributed by atoms with van der Waals surface area (Å²) in [6, 6.07) is 9.07. The molecule has 7 nitrogen and oxygen atoms in total. The van der Waals surface area contributed by atoms with Gasteiger partial charge in [-0.15, -0.1) is 0 Å². The quantitative estimate of drug-likeness (QED) is 0.272. The van der Waals surface area contributed by atoms with Gasteiger partial charge in [-0.2, -0.15) is 0 Å². The standard InChI is InChI=1S/C16H7NO6/c18-13(10-6-3-7-22-10)11-12-16(21)23-9-5-2-1-4-8(9)17(12)15(20)14(11)19/h1-7H. The number of esters is 1. The van der Waals surface area contributed by atoms with Crippen molar-refractivity contribution in [1.29, 1.82) is 0 Å². The van der Waals surface area contributed by atoms with Gasteiger partial charge in [0.25, 0.3) is 5.78 Å². The van der Waals surface area contributed by atoms with E-state index in [-0.39, 0.29) is 22.9 Å². The van der Waals surface area contributed by atoms with Crippen molar-refractivity contribution in [2.75, 3.05) is 4.90 Å². The SMILES string of the molecule is O=C1Oc2ccccc2N2C(=O)C(=O)C(C(=O)c3ccco3)=C12. The van der Waals surface area contributed by atoms with Crippen LogP contribution in [0.3, 0.4) is 0 Å². The van der Waals surface area contributed by atoms with Crippen LogP contribution in [0.15, 0.2) is 58.3 Å². The lowest BCUT2D eigenvalue weighted by Crippen LogP contribution is -2.36.